The van der Waals surface area contributed by atoms with Crippen LogP contribution in [0, 0.1) is 6.92 Å². The lowest BCUT2D eigenvalue weighted by atomic mass is 10.3. The first-order valence-corrected chi connectivity index (χ1v) is 5.65. The fraction of sp³-hybridized carbons (Fsp3) is 0.455. The van der Waals surface area contributed by atoms with Crippen molar-refractivity contribution >= 4 is 11.9 Å². The van der Waals surface area contributed by atoms with Crippen LogP contribution in [0.4, 0.5) is 11.9 Å². The Hall–Kier alpha value is -1.98. The Balaban J connectivity index is 1.90. The van der Waals surface area contributed by atoms with Crippen molar-refractivity contribution in [2.45, 2.75) is 13.3 Å². The Bertz CT molecular complexity index is 472. The Morgan fingerprint density at radius 3 is 2.82 bits per heavy atom. The van der Waals surface area contributed by atoms with E-state index in [-0.39, 0.29) is 0 Å². The number of rotatable bonds is 5. The molecule has 0 aliphatic heterocycles. The monoisotopic (exact) mass is 234 g/mol. The van der Waals surface area contributed by atoms with Gasteiger partial charge in [0.05, 0.1) is 0 Å². The number of likely N-dealkylation sites (N-methyl/N-ethyl adjacent to an activating group) is 1. The Labute approximate surface area is 100 Å². The molecule has 2 heterocycles. The van der Waals surface area contributed by atoms with Crippen LogP contribution in [0.1, 0.15) is 11.4 Å². The SMILES string of the molecule is CNc1nc(N(C)CCc2ccc(C)[nH]2)n[nH]1. The molecule has 0 atom stereocenters. The number of aromatic amines is 2. The Morgan fingerprint density at radius 2 is 2.24 bits per heavy atom. The van der Waals surface area contributed by atoms with Gasteiger partial charge in [0.15, 0.2) is 0 Å². The van der Waals surface area contributed by atoms with E-state index in [1.165, 1.54) is 11.4 Å². The molecule has 2 rings (SSSR count). The fourth-order valence-corrected chi connectivity index (χ4v) is 1.63. The van der Waals surface area contributed by atoms with Crippen molar-refractivity contribution in [3.05, 3.63) is 23.5 Å². The molecule has 0 unspecified atom stereocenters. The van der Waals surface area contributed by atoms with Gasteiger partial charge in [0.25, 0.3) is 0 Å². The summed E-state index contributed by atoms with van der Waals surface area (Å²) in [5.74, 6) is 1.39. The summed E-state index contributed by atoms with van der Waals surface area (Å²) in [4.78, 5) is 9.62. The molecule has 6 nitrogen and oxygen atoms in total. The second kappa shape index (κ2) is 4.90. The maximum absolute atomic E-state index is 4.28. The smallest absolute Gasteiger partial charge is 0.246 e. The highest BCUT2D eigenvalue weighted by Gasteiger charge is 2.07. The Kier molecular flexibility index (Phi) is 3.32. The predicted molar refractivity (Wildman–Crippen MR) is 68.4 cm³/mol. The van der Waals surface area contributed by atoms with E-state index in [1.807, 2.05) is 19.0 Å². The van der Waals surface area contributed by atoms with Crippen LogP contribution in [0.15, 0.2) is 12.1 Å². The molecule has 2 aromatic heterocycles. The van der Waals surface area contributed by atoms with Crippen LogP contribution in [-0.4, -0.2) is 40.8 Å². The zero-order valence-corrected chi connectivity index (χ0v) is 10.4. The first-order chi connectivity index (χ1) is 8.19. The van der Waals surface area contributed by atoms with E-state index in [4.69, 9.17) is 0 Å². The third kappa shape index (κ3) is 2.77. The van der Waals surface area contributed by atoms with E-state index in [2.05, 4.69) is 44.5 Å². The third-order valence-electron chi connectivity index (χ3n) is 2.66. The summed E-state index contributed by atoms with van der Waals surface area (Å²) in [5, 5.41) is 9.86. The summed E-state index contributed by atoms with van der Waals surface area (Å²) in [5.41, 5.74) is 2.43. The zero-order chi connectivity index (χ0) is 12.3. The Morgan fingerprint density at radius 1 is 1.41 bits per heavy atom. The standard InChI is InChI=1S/C11H18N6/c1-8-4-5-9(13-8)6-7-17(3)11-14-10(12-2)15-16-11/h4-5,13H,6-7H2,1-3H3,(H2,12,14,15,16). The third-order valence-corrected chi connectivity index (χ3v) is 2.66. The van der Waals surface area contributed by atoms with Gasteiger partial charge in [0, 0.05) is 38.4 Å². The summed E-state index contributed by atoms with van der Waals surface area (Å²) in [6, 6.07) is 4.20. The van der Waals surface area contributed by atoms with Gasteiger partial charge in [0.2, 0.25) is 11.9 Å². The average Bonchev–Trinajstić information content (AvgIpc) is 2.94. The van der Waals surface area contributed by atoms with Crippen LogP contribution in [0.5, 0.6) is 0 Å². The average molecular weight is 234 g/mol. The van der Waals surface area contributed by atoms with Gasteiger partial charge in [-0.05, 0) is 19.1 Å². The van der Waals surface area contributed by atoms with E-state index in [1.54, 1.807) is 0 Å². The molecule has 2 aromatic rings. The van der Waals surface area contributed by atoms with Gasteiger partial charge in [0.1, 0.15) is 0 Å². The minimum absolute atomic E-state index is 0.683. The number of hydrogen-bond donors (Lipinski definition) is 3. The van der Waals surface area contributed by atoms with E-state index in [0.717, 1.165) is 13.0 Å². The summed E-state index contributed by atoms with van der Waals surface area (Å²) >= 11 is 0. The minimum Gasteiger partial charge on any atom is -0.362 e. The molecule has 0 fully saturated rings. The quantitative estimate of drug-likeness (QED) is 0.726. The van der Waals surface area contributed by atoms with Crippen LogP contribution < -0.4 is 10.2 Å². The highest BCUT2D eigenvalue weighted by atomic mass is 15.4. The number of H-pyrrole nitrogens is 2. The van der Waals surface area contributed by atoms with Gasteiger partial charge >= 0.3 is 0 Å². The number of hydrogen-bond acceptors (Lipinski definition) is 4. The number of aromatic nitrogens is 4. The van der Waals surface area contributed by atoms with Crippen molar-refractivity contribution in [3.63, 3.8) is 0 Å². The molecular formula is C11H18N6. The lowest BCUT2D eigenvalue weighted by Gasteiger charge is -2.13. The molecule has 0 aliphatic rings. The van der Waals surface area contributed by atoms with Crippen molar-refractivity contribution < 1.29 is 0 Å². The summed E-state index contributed by atoms with van der Waals surface area (Å²) < 4.78 is 0. The molecule has 0 aromatic carbocycles. The molecule has 0 bridgehead atoms. The van der Waals surface area contributed by atoms with Gasteiger partial charge < -0.3 is 15.2 Å². The number of nitrogens with zero attached hydrogens (tertiary/aromatic N) is 3. The van der Waals surface area contributed by atoms with E-state index in [0.29, 0.717) is 11.9 Å². The molecule has 6 heteroatoms. The molecule has 3 N–H and O–H groups in total. The summed E-state index contributed by atoms with van der Waals surface area (Å²) in [7, 11) is 3.80. The van der Waals surface area contributed by atoms with Gasteiger partial charge in [-0.2, -0.15) is 4.98 Å². The number of anilines is 2. The van der Waals surface area contributed by atoms with Crippen LogP contribution in [-0.2, 0) is 6.42 Å². The maximum atomic E-state index is 4.28. The maximum Gasteiger partial charge on any atom is 0.246 e. The van der Waals surface area contributed by atoms with Crippen LogP contribution in [0.3, 0.4) is 0 Å². The number of nitrogens with one attached hydrogen (secondary N) is 3. The molecule has 0 aliphatic carbocycles. The molecule has 0 spiro atoms. The topological polar surface area (TPSA) is 72.6 Å². The largest absolute Gasteiger partial charge is 0.362 e. The lowest BCUT2D eigenvalue weighted by Crippen LogP contribution is -2.21. The summed E-state index contributed by atoms with van der Waals surface area (Å²) in [6.45, 7) is 2.93. The first kappa shape index (κ1) is 11.5. The molecule has 0 saturated heterocycles. The molecule has 0 amide bonds. The molecule has 0 radical (unpaired) electrons. The van der Waals surface area contributed by atoms with E-state index in [9.17, 15) is 0 Å². The number of aryl methyl sites for hydroxylation is 1. The van der Waals surface area contributed by atoms with E-state index < -0.39 is 0 Å². The van der Waals surface area contributed by atoms with Crippen molar-refractivity contribution in [1.82, 2.24) is 20.2 Å². The van der Waals surface area contributed by atoms with Crippen LogP contribution in [0.2, 0.25) is 0 Å². The van der Waals surface area contributed by atoms with Gasteiger partial charge in [-0.1, -0.05) is 0 Å². The molecule has 0 saturated carbocycles. The van der Waals surface area contributed by atoms with Gasteiger partial charge in [-0.3, -0.25) is 0 Å². The van der Waals surface area contributed by atoms with Crippen LogP contribution >= 0.6 is 0 Å². The highest BCUT2D eigenvalue weighted by Crippen LogP contribution is 2.08. The predicted octanol–water partition coefficient (Wildman–Crippen LogP) is 1.16. The molecule has 92 valence electrons. The normalized spacial score (nSPS) is 10.5. The van der Waals surface area contributed by atoms with Crippen molar-refractivity contribution in [1.29, 1.82) is 0 Å². The van der Waals surface area contributed by atoms with Gasteiger partial charge in [-0.15, -0.1) is 5.10 Å². The van der Waals surface area contributed by atoms with Gasteiger partial charge in [-0.25, -0.2) is 5.10 Å². The fourth-order valence-electron chi connectivity index (χ4n) is 1.63. The second-order valence-electron chi connectivity index (χ2n) is 4.07. The van der Waals surface area contributed by atoms with Crippen LogP contribution in [0.25, 0.3) is 0 Å². The van der Waals surface area contributed by atoms with Crippen molar-refractivity contribution in [3.8, 4) is 0 Å². The van der Waals surface area contributed by atoms with Crippen molar-refractivity contribution in [2.24, 2.45) is 0 Å². The highest BCUT2D eigenvalue weighted by molar-refractivity contribution is 5.35. The van der Waals surface area contributed by atoms with Crippen molar-refractivity contribution in [2.75, 3.05) is 30.9 Å². The van der Waals surface area contributed by atoms with E-state index >= 15 is 0 Å². The lowest BCUT2D eigenvalue weighted by molar-refractivity contribution is 0.826. The molecular weight excluding hydrogens is 216 g/mol. The minimum atomic E-state index is 0.683. The zero-order valence-electron chi connectivity index (χ0n) is 10.4. The summed E-state index contributed by atoms with van der Waals surface area (Å²) in [6.07, 6.45) is 0.952. The first-order valence-electron chi connectivity index (χ1n) is 5.65. The molecule has 17 heavy (non-hydrogen) atoms. The second-order valence-corrected chi connectivity index (χ2v) is 4.07.